The van der Waals surface area contributed by atoms with Crippen LogP contribution in [0, 0.1) is 5.82 Å². The molecule has 1 atom stereocenters. The molecule has 3 aromatic rings. The summed E-state index contributed by atoms with van der Waals surface area (Å²) in [5.41, 5.74) is -0.215. The summed E-state index contributed by atoms with van der Waals surface area (Å²) in [5, 5.41) is 0.663. The van der Waals surface area contributed by atoms with E-state index in [1.807, 2.05) is 20.8 Å². The van der Waals surface area contributed by atoms with Crippen molar-refractivity contribution in [3.63, 3.8) is 0 Å². The standard InChI is InChI=1S/C28H32F4N2O3/c1-18(23-15-20(28(30,31)32)16-24-22(23)9-12-33-24)36-17-27(19-5-7-21(29)8-6-19)10-13-34(14-11-27)25(35)37-26(2,3)4/h5-9,12,15-16,18,33H,10-11,13-14,17H2,1-4H3. The number of aromatic amines is 1. The number of carbonyl (C=O) groups excluding carboxylic acids is 1. The van der Waals surface area contributed by atoms with Crippen molar-refractivity contribution in [1.82, 2.24) is 9.88 Å². The van der Waals surface area contributed by atoms with Crippen molar-refractivity contribution < 1.29 is 31.8 Å². The number of hydrogen-bond acceptors (Lipinski definition) is 3. The number of halogens is 4. The number of benzene rings is 2. The summed E-state index contributed by atoms with van der Waals surface area (Å²) < 4.78 is 66.1. The third-order valence-electron chi connectivity index (χ3n) is 6.90. The van der Waals surface area contributed by atoms with Crippen molar-refractivity contribution in [2.75, 3.05) is 19.7 Å². The summed E-state index contributed by atoms with van der Waals surface area (Å²) in [4.78, 5) is 17.1. The summed E-state index contributed by atoms with van der Waals surface area (Å²) in [6.45, 7) is 8.18. The third-order valence-corrected chi connectivity index (χ3v) is 6.90. The van der Waals surface area contributed by atoms with Crippen molar-refractivity contribution in [3.05, 3.63) is 71.2 Å². The molecular weight excluding hydrogens is 488 g/mol. The second-order valence-electron chi connectivity index (χ2n) is 10.7. The van der Waals surface area contributed by atoms with E-state index in [-0.39, 0.29) is 12.4 Å². The number of fused-ring (bicyclic) bond motifs is 1. The van der Waals surface area contributed by atoms with Crippen LogP contribution >= 0.6 is 0 Å². The highest BCUT2D eigenvalue weighted by Crippen LogP contribution is 2.40. The SMILES string of the molecule is CC(OCC1(c2ccc(F)cc2)CCN(C(=O)OC(C)(C)C)CC1)c1cc(C(F)(F)F)cc2[nH]ccc12. The van der Waals surface area contributed by atoms with Crippen LogP contribution in [0.25, 0.3) is 10.9 Å². The lowest BCUT2D eigenvalue weighted by Gasteiger charge is -2.42. The van der Waals surface area contributed by atoms with Gasteiger partial charge in [0.2, 0.25) is 0 Å². The number of nitrogens with one attached hydrogen (secondary N) is 1. The summed E-state index contributed by atoms with van der Waals surface area (Å²) in [5.74, 6) is -0.363. The maximum atomic E-state index is 13.7. The molecule has 1 N–H and O–H groups in total. The lowest BCUT2D eigenvalue weighted by Crippen LogP contribution is -2.48. The summed E-state index contributed by atoms with van der Waals surface area (Å²) in [6.07, 6.45) is -2.85. The van der Waals surface area contributed by atoms with Gasteiger partial charge in [0.25, 0.3) is 0 Å². The van der Waals surface area contributed by atoms with Crippen molar-refractivity contribution in [1.29, 1.82) is 0 Å². The molecule has 9 heteroatoms. The molecule has 0 spiro atoms. The number of amides is 1. The maximum absolute atomic E-state index is 13.7. The van der Waals surface area contributed by atoms with Gasteiger partial charge in [0.05, 0.1) is 18.3 Å². The Kier molecular flexibility index (Phi) is 7.29. The van der Waals surface area contributed by atoms with Crippen LogP contribution < -0.4 is 0 Å². The Balaban J connectivity index is 1.57. The van der Waals surface area contributed by atoms with Gasteiger partial charge in [0.15, 0.2) is 0 Å². The second kappa shape index (κ2) is 10.0. The van der Waals surface area contributed by atoms with E-state index in [2.05, 4.69) is 4.98 Å². The minimum Gasteiger partial charge on any atom is -0.444 e. The Morgan fingerprint density at radius 1 is 1.08 bits per heavy atom. The Morgan fingerprint density at radius 3 is 2.32 bits per heavy atom. The van der Waals surface area contributed by atoms with Gasteiger partial charge < -0.3 is 19.4 Å². The molecule has 1 aliphatic rings. The van der Waals surface area contributed by atoms with Gasteiger partial charge in [-0.05, 0) is 82.0 Å². The summed E-state index contributed by atoms with van der Waals surface area (Å²) in [7, 11) is 0. The van der Waals surface area contributed by atoms with Gasteiger partial charge in [-0.15, -0.1) is 0 Å². The van der Waals surface area contributed by atoms with Crippen LogP contribution in [-0.4, -0.2) is 41.3 Å². The smallest absolute Gasteiger partial charge is 0.416 e. The van der Waals surface area contributed by atoms with Crippen LogP contribution in [0.1, 0.15) is 63.3 Å². The number of aromatic nitrogens is 1. The molecule has 0 saturated carbocycles. The monoisotopic (exact) mass is 520 g/mol. The number of likely N-dealkylation sites (tertiary alicyclic amines) is 1. The molecule has 1 saturated heterocycles. The van der Waals surface area contributed by atoms with Crippen LogP contribution in [0.2, 0.25) is 0 Å². The molecule has 1 amide bonds. The Labute approximate surface area is 213 Å². The molecule has 0 radical (unpaired) electrons. The molecule has 1 unspecified atom stereocenters. The quantitative estimate of drug-likeness (QED) is 0.357. The van der Waals surface area contributed by atoms with Crippen LogP contribution in [0.5, 0.6) is 0 Å². The van der Waals surface area contributed by atoms with E-state index in [1.54, 1.807) is 36.2 Å². The van der Waals surface area contributed by atoms with Crippen LogP contribution in [-0.2, 0) is 21.1 Å². The van der Waals surface area contributed by atoms with E-state index in [0.29, 0.717) is 42.4 Å². The molecule has 1 aromatic heterocycles. The number of carbonyl (C=O) groups is 1. The zero-order chi connectivity index (χ0) is 27.0. The lowest BCUT2D eigenvalue weighted by molar-refractivity contribution is -0.137. The van der Waals surface area contributed by atoms with E-state index in [0.717, 1.165) is 17.7 Å². The molecule has 0 bridgehead atoms. The van der Waals surface area contributed by atoms with E-state index in [1.165, 1.54) is 12.1 Å². The molecule has 37 heavy (non-hydrogen) atoms. The van der Waals surface area contributed by atoms with Gasteiger partial charge in [-0.3, -0.25) is 0 Å². The van der Waals surface area contributed by atoms with Crippen LogP contribution in [0.3, 0.4) is 0 Å². The molecular formula is C28H32F4N2O3. The fraction of sp³-hybridized carbons (Fsp3) is 0.464. The minimum absolute atomic E-state index is 0.199. The number of piperidine rings is 1. The highest BCUT2D eigenvalue weighted by Gasteiger charge is 2.40. The first-order valence-corrected chi connectivity index (χ1v) is 12.3. The molecule has 1 fully saturated rings. The van der Waals surface area contributed by atoms with E-state index in [9.17, 15) is 22.4 Å². The largest absolute Gasteiger partial charge is 0.444 e. The normalized spacial score (nSPS) is 17.1. The first-order valence-electron chi connectivity index (χ1n) is 12.3. The average Bonchev–Trinajstić information content (AvgIpc) is 3.30. The molecule has 1 aliphatic heterocycles. The highest BCUT2D eigenvalue weighted by atomic mass is 19.4. The first kappa shape index (κ1) is 27.0. The van der Waals surface area contributed by atoms with Crippen molar-refractivity contribution in [3.8, 4) is 0 Å². The molecule has 2 heterocycles. The minimum atomic E-state index is -4.49. The summed E-state index contributed by atoms with van der Waals surface area (Å²) >= 11 is 0. The molecule has 4 rings (SSSR count). The lowest BCUT2D eigenvalue weighted by atomic mass is 9.73. The zero-order valence-electron chi connectivity index (χ0n) is 21.4. The number of ether oxygens (including phenoxy) is 2. The topological polar surface area (TPSA) is 54.6 Å². The van der Waals surface area contributed by atoms with E-state index >= 15 is 0 Å². The van der Waals surface area contributed by atoms with Gasteiger partial charge in [-0.25, -0.2) is 9.18 Å². The van der Waals surface area contributed by atoms with Crippen molar-refractivity contribution >= 4 is 17.0 Å². The fourth-order valence-corrected chi connectivity index (χ4v) is 4.83. The van der Waals surface area contributed by atoms with Gasteiger partial charge >= 0.3 is 12.3 Å². The van der Waals surface area contributed by atoms with E-state index in [4.69, 9.17) is 9.47 Å². The van der Waals surface area contributed by atoms with Crippen molar-refractivity contribution in [2.24, 2.45) is 0 Å². The molecule has 0 aliphatic carbocycles. The molecule has 200 valence electrons. The third kappa shape index (κ3) is 6.09. The molecule has 2 aromatic carbocycles. The number of nitrogens with zero attached hydrogens (tertiary/aromatic N) is 1. The Morgan fingerprint density at radius 2 is 1.73 bits per heavy atom. The van der Waals surface area contributed by atoms with Crippen LogP contribution in [0.4, 0.5) is 22.4 Å². The van der Waals surface area contributed by atoms with Gasteiger partial charge in [0.1, 0.15) is 11.4 Å². The van der Waals surface area contributed by atoms with E-state index < -0.39 is 35.0 Å². The summed E-state index contributed by atoms with van der Waals surface area (Å²) in [6, 6.07) is 10.2. The number of hydrogen-bond donors (Lipinski definition) is 1. The van der Waals surface area contributed by atoms with Gasteiger partial charge in [-0.1, -0.05) is 12.1 Å². The maximum Gasteiger partial charge on any atom is 0.416 e. The highest BCUT2D eigenvalue weighted by molar-refractivity contribution is 5.84. The number of rotatable bonds is 5. The van der Waals surface area contributed by atoms with Gasteiger partial charge in [-0.2, -0.15) is 13.2 Å². The molecule has 5 nitrogen and oxygen atoms in total. The van der Waals surface area contributed by atoms with Crippen molar-refractivity contribution in [2.45, 2.75) is 63.8 Å². The fourth-order valence-electron chi connectivity index (χ4n) is 4.83. The number of H-pyrrole nitrogens is 1. The average molecular weight is 521 g/mol. The zero-order valence-corrected chi connectivity index (χ0v) is 21.4. The number of alkyl halides is 3. The predicted molar refractivity (Wildman–Crippen MR) is 133 cm³/mol. The predicted octanol–water partition coefficient (Wildman–Crippen LogP) is 7.37. The Hall–Kier alpha value is -3.07. The van der Waals surface area contributed by atoms with Gasteiger partial charge in [0, 0.05) is 35.6 Å². The first-order chi connectivity index (χ1) is 17.3. The Bertz CT molecular complexity index is 1240. The van der Waals surface area contributed by atoms with Crippen LogP contribution in [0.15, 0.2) is 48.7 Å². The second-order valence-corrected chi connectivity index (χ2v) is 10.7.